The Hall–Kier alpha value is -3.62. The lowest BCUT2D eigenvalue weighted by molar-refractivity contribution is 0.399. The summed E-state index contributed by atoms with van der Waals surface area (Å²) in [5.74, 6) is 1.03. The summed E-state index contributed by atoms with van der Waals surface area (Å²) in [5, 5.41) is 0. The van der Waals surface area contributed by atoms with Gasteiger partial charge in [0.15, 0.2) is 0 Å². The third-order valence-electron chi connectivity index (χ3n) is 11.6. The largest absolute Gasteiger partial charge is 0.496 e. The Kier molecular flexibility index (Phi) is 7.87. The first-order chi connectivity index (χ1) is 22.6. The predicted octanol–water partition coefficient (Wildman–Crippen LogP) is 12.5. The van der Waals surface area contributed by atoms with E-state index in [-0.39, 0.29) is 5.41 Å². The quantitative estimate of drug-likeness (QED) is 0.195. The molecule has 2 atom stereocenters. The average Bonchev–Trinajstić information content (AvgIpc) is 3.67. The number of hydrogen-bond donors (Lipinski definition) is 0. The number of ether oxygens (including phenoxy) is 1. The number of benzene rings is 4. The van der Waals surface area contributed by atoms with Gasteiger partial charge in [0.05, 0.1) is 15.2 Å². The van der Waals surface area contributed by atoms with Crippen molar-refractivity contribution in [1.82, 2.24) is 0 Å². The van der Waals surface area contributed by atoms with Crippen LogP contribution in [0.3, 0.4) is 0 Å². The minimum atomic E-state index is -2.08. The molecule has 0 saturated heterocycles. The molecule has 0 heterocycles. The van der Waals surface area contributed by atoms with E-state index in [1.54, 1.807) is 22.3 Å². The lowest BCUT2D eigenvalue weighted by atomic mass is 9.81. The summed E-state index contributed by atoms with van der Waals surface area (Å²) in [7, 11) is -0.216. The summed E-state index contributed by atoms with van der Waals surface area (Å²) in [6, 6.07) is 19.3. The van der Waals surface area contributed by atoms with Crippen molar-refractivity contribution in [1.29, 1.82) is 0 Å². The fraction of sp³-hybridized carbons (Fsp3) is 0.391. The molecule has 4 aromatic carbocycles. The number of fused-ring (bicyclic) bond motifs is 3. The minimum Gasteiger partial charge on any atom is -0.496 e. The van der Waals surface area contributed by atoms with E-state index in [1.807, 2.05) is 7.11 Å². The van der Waals surface area contributed by atoms with Crippen LogP contribution in [0.5, 0.6) is 5.75 Å². The topological polar surface area (TPSA) is 9.23 Å². The maximum atomic E-state index is 6.37. The van der Waals surface area contributed by atoms with Crippen molar-refractivity contribution in [3.63, 3.8) is 0 Å². The van der Waals surface area contributed by atoms with E-state index in [1.165, 1.54) is 91.6 Å². The summed E-state index contributed by atoms with van der Waals surface area (Å²) in [6.45, 7) is 26.1. The van der Waals surface area contributed by atoms with Gasteiger partial charge in [0.25, 0.3) is 0 Å². The maximum Gasteiger partial charge on any atom is 0.131 e. The van der Waals surface area contributed by atoms with E-state index in [2.05, 4.69) is 136 Å². The molecule has 48 heavy (non-hydrogen) atoms. The van der Waals surface area contributed by atoms with Crippen molar-refractivity contribution in [3.05, 3.63) is 121 Å². The molecule has 7 rings (SSSR count). The second-order valence-electron chi connectivity index (χ2n) is 17.0. The van der Waals surface area contributed by atoms with E-state index in [0.717, 1.165) is 5.75 Å². The number of rotatable bonds is 5. The number of allylic oxidation sites excluding steroid dienone is 2. The van der Waals surface area contributed by atoms with E-state index in [9.17, 15) is 0 Å². The SMILES string of the molecule is COc1c(C(C)(C)C)cc2c(c1-c1cc(C)cc(C)c1)C=C(C)C2[Si](C)(C)C1C(C)=Cc2c1cc1c(c2-c2cc(C)cc(C)c2)CCC1. The number of methoxy groups -OCH3 is 1. The van der Waals surface area contributed by atoms with E-state index in [4.69, 9.17) is 4.74 Å². The van der Waals surface area contributed by atoms with Crippen LogP contribution in [-0.2, 0) is 18.3 Å². The second kappa shape index (κ2) is 11.5. The van der Waals surface area contributed by atoms with Crippen LogP contribution in [-0.4, -0.2) is 15.2 Å². The fourth-order valence-corrected chi connectivity index (χ4v) is 15.1. The van der Waals surface area contributed by atoms with Crippen molar-refractivity contribution in [3.8, 4) is 28.0 Å². The highest BCUT2D eigenvalue weighted by Crippen LogP contribution is 2.57. The lowest BCUT2D eigenvalue weighted by Gasteiger charge is -2.40. The summed E-state index contributed by atoms with van der Waals surface area (Å²) in [6.07, 6.45) is 8.77. The highest BCUT2D eigenvalue weighted by molar-refractivity contribution is 6.81. The van der Waals surface area contributed by atoms with Crippen molar-refractivity contribution < 1.29 is 4.74 Å². The fourth-order valence-electron chi connectivity index (χ4n) is 10.2. The Balaban J connectivity index is 1.45. The van der Waals surface area contributed by atoms with Crippen LogP contribution in [0.2, 0.25) is 13.1 Å². The molecule has 0 spiro atoms. The molecule has 0 amide bonds. The molecule has 4 aromatic rings. The highest BCUT2D eigenvalue weighted by Gasteiger charge is 2.48. The van der Waals surface area contributed by atoms with Crippen LogP contribution in [0, 0.1) is 27.7 Å². The molecule has 0 fully saturated rings. The Morgan fingerprint density at radius 1 is 0.625 bits per heavy atom. The van der Waals surface area contributed by atoms with Gasteiger partial charge in [-0.25, -0.2) is 0 Å². The zero-order valence-electron chi connectivity index (χ0n) is 31.5. The van der Waals surface area contributed by atoms with Crippen LogP contribution in [0.4, 0.5) is 0 Å². The molecule has 0 radical (unpaired) electrons. The van der Waals surface area contributed by atoms with E-state index in [0.29, 0.717) is 11.1 Å². The third kappa shape index (κ3) is 5.18. The van der Waals surface area contributed by atoms with E-state index >= 15 is 0 Å². The Labute approximate surface area is 291 Å². The van der Waals surface area contributed by atoms with Crippen LogP contribution in [0.25, 0.3) is 34.4 Å². The second-order valence-corrected chi connectivity index (χ2v) is 21.8. The molecule has 0 N–H and O–H groups in total. The number of hydrogen-bond acceptors (Lipinski definition) is 1. The Bertz CT molecular complexity index is 2020. The minimum absolute atomic E-state index is 0.0576. The van der Waals surface area contributed by atoms with Gasteiger partial charge < -0.3 is 4.74 Å². The standard InChI is InChI=1S/C46H54OSi/c1-26-16-27(2)19-33(18-26)41-35-15-13-14-32(35)24-38-36(41)22-30(5)44(38)48(11,12)45-31(6)23-37-39(45)25-40(46(7,8)9)43(47-10)42(37)34-20-28(3)17-29(4)21-34/h16-25,44-45H,13-15H2,1-12H3. The molecule has 2 unspecified atom stereocenters. The summed E-state index contributed by atoms with van der Waals surface area (Å²) >= 11 is 0. The zero-order chi connectivity index (χ0) is 34.4. The van der Waals surface area contributed by atoms with Gasteiger partial charge in [-0.2, -0.15) is 0 Å². The van der Waals surface area contributed by atoms with Gasteiger partial charge in [-0.15, -0.1) is 0 Å². The highest BCUT2D eigenvalue weighted by atomic mass is 28.3. The van der Waals surface area contributed by atoms with E-state index < -0.39 is 8.07 Å². The smallest absolute Gasteiger partial charge is 0.131 e. The molecule has 0 bridgehead atoms. The predicted molar refractivity (Wildman–Crippen MR) is 210 cm³/mol. The first kappa shape index (κ1) is 32.9. The Morgan fingerprint density at radius 3 is 1.60 bits per heavy atom. The van der Waals surface area contributed by atoms with Crippen LogP contribution in [0.1, 0.15) is 113 Å². The van der Waals surface area contributed by atoms with Crippen molar-refractivity contribution in [2.45, 2.75) is 111 Å². The first-order valence-corrected chi connectivity index (χ1v) is 21.2. The molecule has 0 saturated carbocycles. The summed E-state index contributed by atoms with van der Waals surface area (Å²) < 4.78 is 6.37. The molecular formula is C46H54OSi. The molecule has 1 nitrogen and oxygen atoms in total. The zero-order valence-corrected chi connectivity index (χ0v) is 32.5. The van der Waals surface area contributed by atoms with Crippen molar-refractivity contribution >= 4 is 20.2 Å². The molecule has 0 aromatic heterocycles. The van der Waals surface area contributed by atoms with Gasteiger partial charge in [-0.1, -0.05) is 128 Å². The normalized spacial score (nSPS) is 18.4. The molecule has 248 valence electrons. The molecular weight excluding hydrogens is 597 g/mol. The van der Waals surface area contributed by atoms with Gasteiger partial charge >= 0.3 is 0 Å². The van der Waals surface area contributed by atoms with Gasteiger partial charge in [0, 0.05) is 22.2 Å². The van der Waals surface area contributed by atoms with Gasteiger partial charge in [-0.05, 0) is 116 Å². The van der Waals surface area contributed by atoms with Crippen LogP contribution < -0.4 is 4.74 Å². The van der Waals surface area contributed by atoms with Gasteiger partial charge in [0.1, 0.15) is 5.75 Å². The Morgan fingerprint density at radius 2 is 1.10 bits per heavy atom. The van der Waals surface area contributed by atoms with Gasteiger partial charge in [-0.3, -0.25) is 0 Å². The molecule has 2 heteroatoms. The maximum absolute atomic E-state index is 6.37. The van der Waals surface area contributed by atoms with Crippen LogP contribution >= 0.6 is 0 Å². The molecule has 0 aliphatic heterocycles. The molecule has 3 aliphatic rings. The van der Waals surface area contributed by atoms with Crippen molar-refractivity contribution in [2.75, 3.05) is 7.11 Å². The summed E-state index contributed by atoms with van der Waals surface area (Å²) in [5.41, 5.74) is 25.2. The number of aryl methyl sites for hydroxylation is 5. The molecule has 3 aliphatic carbocycles. The first-order valence-electron chi connectivity index (χ1n) is 18.1. The monoisotopic (exact) mass is 650 g/mol. The van der Waals surface area contributed by atoms with Gasteiger partial charge in [0.2, 0.25) is 0 Å². The average molecular weight is 651 g/mol. The third-order valence-corrected chi connectivity index (χ3v) is 16.1. The van der Waals surface area contributed by atoms with Crippen molar-refractivity contribution in [2.24, 2.45) is 0 Å². The summed E-state index contributed by atoms with van der Waals surface area (Å²) in [4.78, 5) is 0. The van der Waals surface area contributed by atoms with Crippen LogP contribution in [0.15, 0.2) is 59.7 Å². The lowest BCUT2D eigenvalue weighted by Crippen LogP contribution is -2.42.